The molecule has 2 heteroatoms. The average Bonchev–Trinajstić information content (AvgIpc) is 3.19. The molecule has 0 aliphatic heterocycles. The summed E-state index contributed by atoms with van der Waals surface area (Å²) in [6.45, 7) is 6.44. The van der Waals surface area contributed by atoms with Crippen LogP contribution in [0.3, 0.4) is 0 Å². The predicted molar refractivity (Wildman–Crippen MR) is 78.8 cm³/mol. The van der Waals surface area contributed by atoms with Crippen molar-refractivity contribution >= 4 is 5.69 Å². The minimum atomic E-state index is 0.636. The fourth-order valence-electron chi connectivity index (χ4n) is 2.40. The van der Waals surface area contributed by atoms with Crippen LogP contribution in [0.15, 0.2) is 24.3 Å². The maximum atomic E-state index is 5.65. The molecule has 0 aromatic heterocycles. The second-order valence-corrected chi connectivity index (χ2v) is 5.83. The van der Waals surface area contributed by atoms with Gasteiger partial charge in [0.1, 0.15) is 0 Å². The van der Waals surface area contributed by atoms with Crippen LogP contribution in [0.1, 0.15) is 45.1 Å². The highest BCUT2D eigenvalue weighted by molar-refractivity contribution is 5.49. The molecule has 1 aliphatic rings. The summed E-state index contributed by atoms with van der Waals surface area (Å²) < 4.78 is 0. The van der Waals surface area contributed by atoms with Gasteiger partial charge in [0.25, 0.3) is 0 Å². The second-order valence-electron chi connectivity index (χ2n) is 5.83. The Morgan fingerprint density at radius 1 is 1.22 bits per heavy atom. The third-order valence-corrected chi connectivity index (χ3v) is 3.67. The van der Waals surface area contributed by atoms with Gasteiger partial charge in [-0.15, -0.1) is 0 Å². The van der Waals surface area contributed by atoms with Crippen molar-refractivity contribution in [2.24, 2.45) is 11.7 Å². The van der Waals surface area contributed by atoms with Gasteiger partial charge in [0, 0.05) is 24.8 Å². The summed E-state index contributed by atoms with van der Waals surface area (Å²) >= 11 is 0. The summed E-state index contributed by atoms with van der Waals surface area (Å²) in [5.41, 5.74) is 8.24. The normalized spacial score (nSPS) is 15.1. The molecular formula is C16H26N2. The van der Waals surface area contributed by atoms with Crippen molar-refractivity contribution in [3.8, 4) is 0 Å². The molecule has 0 radical (unpaired) electrons. The molecule has 1 fully saturated rings. The Labute approximate surface area is 111 Å². The van der Waals surface area contributed by atoms with Gasteiger partial charge in [-0.2, -0.15) is 0 Å². The summed E-state index contributed by atoms with van der Waals surface area (Å²) in [4.78, 5) is 2.59. The quantitative estimate of drug-likeness (QED) is 0.797. The Kier molecular flexibility index (Phi) is 4.65. The number of nitrogens with two attached hydrogens (primary N) is 1. The van der Waals surface area contributed by atoms with Crippen molar-refractivity contribution in [1.82, 2.24) is 0 Å². The van der Waals surface area contributed by atoms with Crippen LogP contribution in [0.2, 0.25) is 0 Å². The van der Waals surface area contributed by atoms with E-state index in [4.69, 9.17) is 5.73 Å². The molecule has 1 aromatic rings. The zero-order valence-corrected chi connectivity index (χ0v) is 11.7. The molecule has 0 bridgehead atoms. The summed E-state index contributed by atoms with van der Waals surface area (Å²) in [5.74, 6) is 0.811. The van der Waals surface area contributed by atoms with Crippen molar-refractivity contribution in [2.45, 2.75) is 52.1 Å². The van der Waals surface area contributed by atoms with E-state index in [0.29, 0.717) is 6.54 Å². The molecule has 2 nitrogen and oxygen atoms in total. The first kappa shape index (κ1) is 13.4. The first-order valence-electron chi connectivity index (χ1n) is 7.26. The fraction of sp³-hybridized carbons (Fsp3) is 0.625. The maximum Gasteiger partial charge on any atom is 0.0368 e. The highest BCUT2D eigenvalue weighted by Crippen LogP contribution is 2.32. The van der Waals surface area contributed by atoms with E-state index in [1.807, 2.05) is 0 Å². The van der Waals surface area contributed by atoms with Crippen LogP contribution in [0.4, 0.5) is 5.69 Å². The van der Waals surface area contributed by atoms with Gasteiger partial charge in [0.05, 0.1) is 0 Å². The SMILES string of the molecule is CC(C)CCCN(c1ccc(CN)cc1)C1CC1. The van der Waals surface area contributed by atoms with Gasteiger partial charge < -0.3 is 10.6 Å². The van der Waals surface area contributed by atoms with E-state index in [1.165, 1.54) is 43.5 Å². The molecule has 0 heterocycles. The highest BCUT2D eigenvalue weighted by atomic mass is 15.2. The van der Waals surface area contributed by atoms with Crippen molar-refractivity contribution in [1.29, 1.82) is 0 Å². The summed E-state index contributed by atoms with van der Waals surface area (Å²) in [5, 5.41) is 0. The number of nitrogens with zero attached hydrogens (tertiary/aromatic N) is 1. The minimum Gasteiger partial charge on any atom is -0.369 e. The monoisotopic (exact) mass is 246 g/mol. The van der Waals surface area contributed by atoms with Crippen molar-refractivity contribution < 1.29 is 0 Å². The van der Waals surface area contributed by atoms with Crippen LogP contribution in [0.5, 0.6) is 0 Å². The van der Waals surface area contributed by atoms with Gasteiger partial charge in [0.15, 0.2) is 0 Å². The highest BCUT2D eigenvalue weighted by Gasteiger charge is 2.28. The lowest BCUT2D eigenvalue weighted by atomic mass is 10.1. The molecule has 2 N–H and O–H groups in total. The number of benzene rings is 1. The molecule has 18 heavy (non-hydrogen) atoms. The van der Waals surface area contributed by atoms with Gasteiger partial charge in [-0.3, -0.25) is 0 Å². The maximum absolute atomic E-state index is 5.65. The Morgan fingerprint density at radius 3 is 2.39 bits per heavy atom. The van der Waals surface area contributed by atoms with E-state index in [9.17, 15) is 0 Å². The summed E-state index contributed by atoms with van der Waals surface area (Å²) in [6, 6.07) is 9.58. The Balaban J connectivity index is 1.95. The van der Waals surface area contributed by atoms with Gasteiger partial charge >= 0.3 is 0 Å². The van der Waals surface area contributed by atoms with Crippen molar-refractivity contribution in [3.63, 3.8) is 0 Å². The molecule has 0 unspecified atom stereocenters. The first-order chi connectivity index (χ1) is 8.70. The van der Waals surface area contributed by atoms with Crippen molar-refractivity contribution in [2.75, 3.05) is 11.4 Å². The number of hydrogen-bond donors (Lipinski definition) is 1. The Morgan fingerprint density at radius 2 is 1.89 bits per heavy atom. The van der Waals surface area contributed by atoms with Gasteiger partial charge in [-0.25, -0.2) is 0 Å². The van der Waals surface area contributed by atoms with Crippen LogP contribution in [-0.2, 0) is 6.54 Å². The molecule has 0 atom stereocenters. The van der Waals surface area contributed by atoms with E-state index >= 15 is 0 Å². The lowest BCUT2D eigenvalue weighted by Crippen LogP contribution is -2.27. The molecule has 0 saturated heterocycles. The standard InChI is InChI=1S/C16H26N2/c1-13(2)4-3-11-18(16-9-10-16)15-7-5-14(12-17)6-8-15/h5-8,13,16H,3-4,9-12,17H2,1-2H3. The van der Waals surface area contributed by atoms with Crippen LogP contribution >= 0.6 is 0 Å². The molecule has 2 rings (SSSR count). The van der Waals surface area contributed by atoms with Crippen LogP contribution in [-0.4, -0.2) is 12.6 Å². The van der Waals surface area contributed by atoms with Crippen molar-refractivity contribution in [3.05, 3.63) is 29.8 Å². The van der Waals surface area contributed by atoms with E-state index in [1.54, 1.807) is 0 Å². The lowest BCUT2D eigenvalue weighted by molar-refractivity contribution is 0.548. The molecule has 1 aromatic carbocycles. The summed E-state index contributed by atoms with van der Waals surface area (Å²) in [7, 11) is 0. The smallest absolute Gasteiger partial charge is 0.0368 e. The Hall–Kier alpha value is -1.02. The van der Waals surface area contributed by atoms with Gasteiger partial charge in [-0.1, -0.05) is 26.0 Å². The van der Waals surface area contributed by atoms with E-state index < -0.39 is 0 Å². The minimum absolute atomic E-state index is 0.636. The first-order valence-corrected chi connectivity index (χ1v) is 7.26. The molecule has 1 saturated carbocycles. The molecule has 100 valence electrons. The van der Waals surface area contributed by atoms with E-state index in [-0.39, 0.29) is 0 Å². The molecular weight excluding hydrogens is 220 g/mol. The van der Waals surface area contributed by atoms with Gasteiger partial charge in [0.2, 0.25) is 0 Å². The largest absolute Gasteiger partial charge is 0.369 e. The zero-order valence-electron chi connectivity index (χ0n) is 11.7. The predicted octanol–water partition coefficient (Wildman–Crippen LogP) is 3.55. The average molecular weight is 246 g/mol. The molecule has 0 spiro atoms. The molecule has 0 amide bonds. The van der Waals surface area contributed by atoms with Crippen LogP contribution in [0.25, 0.3) is 0 Å². The number of hydrogen-bond acceptors (Lipinski definition) is 2. The third kappa shape index (κ3) is 3.74. The zero-order chi connectivity index (χ0) is 13.0. The van der Waals surface area contributed by atoms with Crippen LogP contribution in [0, 0.1) is 5.92 Å². The third-order valence-electron chi connectivity index (χ3n) is 3.67. The van der Waals surface area contributed by atoms with E-state index in [0.717, 1.165) is 12.0 Å². The number of rotatable bonds is 7. The van der Waals surface area contributed by atoms with E-state index in [2.05, 4.69) is 43.0 Å². The Bertz CT molecular complexity index is 352. The summed E-state index contributed by atoms with van der Waals surface area (Å²) in [6.07, 6.45) is 5.34. The fourth-order valence-corrected chi connectivity index (χ4v) is 2.40. The lowest BCUT2D eigenvalue weighted by Gasteiger charge is -2.25. The number of anilines is 1. The molecule has 1 aliphatic carbocycles. The van der Waals surface area contributed by atoms with Crippen LogP contribution < -0.4 is 10.6 Å². The second kappa shape index (κ2) is 6.24. The van der Waals surface area contributed by atoms with Gasteiger partial charge in [-0.05, 0) is 49.3 Å². The topological polar surface area (TPSA) is 29.3 Å².